The molecule has 2 rings (SSSR count). The van der Waals surface area contributed by atoms with Crippen LogP contribution in [-0.2, 0) is 0 Å². The Balaban J connectivity index is 1.86. The molecule has 15 heavy (non-hydrogen) atoms. The van der Waals surface area contributed by atoms with E-state index in [1.165, 1.54) is 32.0 Å². The number of rotatable bonds is 4. The molecule has 0 amide bonds. The van der Waals surface area contributed by atoms with Crippen LogP contribution in [0.1, 0.15) is 25.7 Å². The quantitative estimate of drug-likeness (QED) is 0.821. The van der Waals surface area contributed by atoms with Gasteiger partial charge in [-0.1, -0.05) is 12.8 Å². The molecule has 1 aliphatic rings. The van der Waals surface area contributed by atoms with Gasteiger partial charge in [-0.05, 0) is 18.8 Å². The van der Waals surface area contributed by atoms with Gasteiger partial charge in [-0.2, -0.15) is 0 Å². The second kappa shape index (κ2) is 4.96. The first kappa shape index (κ1) is 10.2. The van der Waals surface area contributed by atoms with Crippen molar-refractivity contribution < 1.29 is 4.74 Å². The zero-order valence-electron chi connectivity index (χ0n) is 9.07. The van der Waals surface area contributed by atoms with Crippen LogP contribution in [0.2, 0.25) is 0 Å². The number of nitrogens with one attached hydrogen (secondary N) is 1. The molecule has 1 N–H and O–H groups in total. The minimum atomic E-state index is 0.668. The van der Waals surface area contributed by atoms with Crippen LogP contribution in [0, 0.1) is 5.92 Å². The first-order chi connectivity index (χ1) is 7.38. The fourth-order valence-corrected chi connectivity index (χ4v) is 1.94. The molecule has 0 aromatic carbocycles. The Kier molecular flexibility index (Phi) is 3.37. The van der Waals surface area contributed by atoms with E-state index in [0.717, 1.165) is 18.3 Å². The van der Waals surface area contributed by atoms with Gasteiger partial charge in [0.05, 0.1) is 6.61 Å². The van der Waals surface area contributed by atoms with Crippen LogP contribution in [0.25, 0.3) is 0 Å². The lowest BCUT2D eigenvalue weighted by Crippen LogP contribution is -2.09. The molecule has 4 nitrogen and oxygen atoms in total. The Morgan fingerprint density at radius 2 is 2.20 bits per heavy atom. The summed E-state index contributed by atoms with van der Waals surface area (Å²) in [6, 6.07) is 1.83. The maximum Gasteiger partial charge on any atom is 0.218 e. The van der Waals surface area contributed by atoms with Gasteiger partial charge in [0, 0.05) is 13.1 Å². The highest BCUT2D eigenvalue weighted by Gasteiger charge is 2.15. The number of nitrogens with zero attached hydrogens (tertiary/aromatic N) is 2. The van der Waals surface area contributed by atoms with Gasteiger partial charge in [-0.25, -0.2) is 9.97 Å². The maximum absolute atomic E-state index is 5.64. The zero-order valence-corrected chi connectivity index (χ0v) is 9.07. The number of aromatic nitrogens is 2. The standard InChI is InChI=1S/C11H17N3O/c1-12-10-6-11(14-8-13-10)15-7-9-4-2-3-5-9/h6,8-9H,2-5,7H2,1H3,(H,12,13,14). The Morgan fingerprint density at radius 3 is 2.93 bits per heavy atom. The van der Waals surface area contributed by atoms with E-state index >= 15 is 0 Å². The van der Waals surface area contributed by atoms with Crippen molar-refractivity contribution in [2.24, 2.45) is 5.92 Å². The summed E-state index contributed by atoms with van der Waals surface area (Å²) < 4.78 is 5.64. The largest absolute Gasteiger partial charge is 0.477 e. The number of hydrogen-bond acceptors (Lipinski definition) is 4. The molecule has 1 aliphatic carbocycles. The van der Waals surface area contributed by atoms with Crippen molar-refractivity contribution in [3.8, 4) is 5.88 Å². The maximum atomic E-state index is 5.64. The fraction of sp³-hybridized carbons (Fsp3) is 0.636. The van der Waals surface area contributed by atoms with Crippen LogP contribution in [-0.4, -0.2) is 23.6 Å². The molecule has 0 saturated heterocycles. The average Bonchev–Trinajstić information content (AvgIpc) is 2.79. The molecule has 0 aliphatic heterocycles. The van der Waals surface area contributed by atoms with Gasteiger partial charge in [0.1, 0.15) is 12.1 Å². The fourth-order valence-electron chi connectivity index (χ4n) is 1.94. The summed E-state index contributed by atoms with van der Waals surface area (Å²) in [5.74, 6) is 2.19. The van der Waals surface area contributed by atoms with Crippen molar-refractivity contribution in [1.82, 2.24) is 9.97 Å². The summed E-state index contributed by atoms with van der Waals surface area (Å²) in [6.07, 6.45) is 6.81. The van der Waals surface area contributed by atoms with E-state index < -0.39 is 0 Å². The van der Waals surface area contributed by atoms with Crippen molar-refractivity contribution in [1.29, 1.82) is 0 Å². The molecule has 1 aromatic rings. The summed E-state index contributed by atoms with van der Waals surface area (Å²) >= 11 is 0. The summed E-state index contributed by atoms with van der Waals surface area (Å²) in [7, 11) is 1.84. The molecule has 0 atom stereocenters. The molecule has 0 radical (unpaired) electrons. The van der Waals surface area contributed by atoms with Gasteiger partial charge < -0.3 is 10.1 Å². The van der Waals surface area contributed by atoms with E-state index in [-0.39, 0.29) is 0 Å². The molecule has 1 fully saturated rings. The van der Waals surface area contributed by atoms with Crippen LogP contribution in [0.4, 0.5) is 5.82 Å². The van der Waals surface area contributed by atoms with Crippen LogP contribution in [0.3, 0.4) is 0 Å². The molecular formula is C11H17N3O. The Hall–Kier alpha value is -1.32. The van der Waals surface area contributed by atoms with Crippen LogP contribution < -0.4 is 10.1 Å². The van der Waals surface area contributed by atoms with E-state index in [1.54, 1.807) is 0 Å². The lowest BCUT2D eigenvalue weighted by Gasteiger charge is -2.10. The van der Waals surface area contributed by atoms with E-state index in [4.69, 9.17) is 4.74 Å². The van der Waals surface area contributed by atoms with Gasteiger partial charge in [-0.3, -0.25) is 0 Å². The smallest absolute Gasteiger partial charge is 0.218 e. The molecular weight excluding hydrogens is 190 g/mol. The molecule has 82 valence electrons. The lowest BCUT2D eigenvalue weighted by molar-refractivity contribution is 0.243. The normalized spacial score (nSPS) is 16.6. The first-order valence-electron chi connectivity index (χ1n) is 5.51. The summed E-state index contributed by atoms with van der Waals surface area (Å²) in [6.45, 7) is 0.792. The highest BCUT2D eigenvalue weighted by Crippen LogP contribution is 2.25. The Morgan fingerprint density at radius 1 is 1.40 bits per heavy atom. The molecule has 0 bridgehead atoms. The lowest BCUT2D eigenvalue weighted by atomic mass is 10.1. The zero-order chi connectivity index (χ0) is 10.5. The molecule has 1 heterocycles. The summed E-state index contributed by atoms with van der Waals surface area (Å²) in [5, 5.41) is 2.96. The summed E-state index contributed by atoms with van der Waals surface area (Å²) in [4.78, 5) is 8.11. The van der Waals surface area contributed by atoms with Gasteiger partial charge in [0.2, 0.25) is 5.88 Å². The Labute approximate surface area is 90.1 Å². The molecule has 4 heteroatoms. The van der Waals surface area contributed by atoms with Crippen LogP contribution >= 0.6 is 0 Å². The SMILES string of the molecule is CNc1cc(OCC2CCCC2)ncn1. The van der Waals surface area contributed by atoms with Gasteiger partial charge >= 0.3 is 0 Å². The third-order valence-corrected chi connectivity index (χ3v) is 2.84. The topological polar surface area (TPSA) is 47.0 Å². The number of ether oxygens (including phenoxy) is 1. The van der Waals surface area contributed by atoms with Gasteiger partial charge in [0.25, 0.3) is 0 Å². The van der Waals surface area contributed by atoms with Crippen molar-refractivity contribution >= 4 is 5.82 Å². The van der Waals surface area contributed by atoms with Crippen LogP contribution in [0.15, 0.2) is 12.4 Å². The van der Waals surface area contributed by atoms with E-state index in [0.29, 0.717) is 5.88 Å². The molecule has 1 saturated carbocycles. The molecule has 0 unspecified atom stereocenters. The second-order valence-corrected chi connectivity index (χ2v) is 3.95. The second-order valence-electron chi connectivity index (χ2n) is 3.95. The van der Waals surface area contributed by atoms with Crippen molar-refractivity contribution in [2.75, 3.05) is 19.0 Å². The average molecular weight is 207 g/mol. The third kappa shape index (κ3) is 2.81. The van der Waals surface area contributed by atoms with E-state index in [2.05, 4.69) is 15.3 Å². The first-order valence-corrected chi connectivity index (χ1v) is 5.51. The predicted octanol–water partition coefficient (Wildman–Crippen LogP) is 2.09. The van der Waals surface area contributed by atoms with Crippen molar-refractivity contribution in [3.63, 3.8) is 0 Å². The van der Waals surface area contributed by atoms with Crippen molar-refractivity contribution in [2.45, 2.75) is 25.7 Å². The monoisotopic (exact) mass is 207 g/mol. The highest BCUT2D eigenvalue weighted by molar-refractivity contribution is 5.35. The third-order valence-electron chi connectivity index (χ3n) is 2.84. The number of anilines is 1. The molecule has 1 aromatic heterocycles. The van der Waals surface area contributed by atoms with E-state index in [9.17, 15) is 0 Å². The minimum absolute atomic E-state index is 0.668. The number of hydrogen-bond donors (Lipinski definition) is 1. The van der Waals surface area contributed by atoms with Crippen molar-refractivity contribution in [3.05, 3.63) is 12.4 Å². The van der Waals surface area contributed by atoms with Gasteiger partial charge in [0.15, 0.2) is 0 Å². The highest BCUT2D eigenvalue weighted by atomic mass is 16.5. The van der Waals surface area contributed by atoms with Gasteiger partial charge in [-0.15, -0.1) is 0 Å². The minimum Gasteiger partial charge on any atom is -0.477 e. The Bertz CT molecular complexity index is 310. The summed E-state index contributed by atoms with van der Waals surface area (Å²) in [5.41, 5.74) is 0. The molecule has 0 spiro atoms. The van der Waals surface area contributed by atoms with Crippen LogP contribution in [0.5, 0.6) is 5.88 Å². The predicted molar refractivity (Wildman–Crippen MR) is 59.0 cm³/mol. The van der Waals surface area contributed by atoms with E-state index in [1.807, 2.05) is 13.1 Å².